The zero-order chi connectivity index (χ0) is 13.3. The molecule has 98 valence electrons. The number of piperidine rings is 1. The number of nitrogens with two attached hydrogens (primary N) is 2. The van der Waals surface area contributed by atoms with Crippen LogP contribution in [0.4, 0.5) is 5.82 Å². The van der Waals surface area contributed by atoms with Gasteiger partial charge >= 0.3 is 0 Å². The second-order valence-electron chi connectivity index (χ2n) is 4.97. The molecule has 18 heavy (non-hydrogen) atoms. The summed E-state index contributed by atoms with van der Waals surface area (Å²) >= 11 is 0. The monoisotopic (exact) mass is 248 g/mol. The first kappa shape index (κ1) is 12.8. The van der Waals surface area contributed by atoms with E-state index in [-0.39, 0.29) is 6.04 Å². The summed E-state index contributed by atoms with van der Waals surface area (Å²) < 4.78 is 0. The summed E-state index contributed by atoms with van der Waals surface area (Å²) in [7, 11) is 0. The largest absolute Gasteiger partial charge is 0.365 e. The van der Waals surface area contributed by atoms with Crippen LogP contribution in [0, 0.1) is 13.8 Å². The lowest BCUT2D eigenvalue weighted by atomic mass is 10.0. The summed E-state index contributed by atoms with van der Waals surface area (Å²) in [4.78, 5) is 18.1. The predicted molar refractivity (Wildman–Crippen MR) is 71.7 cm³/mol. The van der Waals surface area contributed by atoms with Crippen LogP contribution in [-0.2, 0) is 0 Å². The van der Waals surface area contributed by atoms with Gasteiger partial charge in [-0.05, 0) is 38.3 Å². The molecule has 1 saturated heterocycles. The van der Waals surface area contributed by atoms with Crippen molar-refractivity contribution in [3.8, 4) is 0 Å². The van der Waals surface area contributed by atoms with Crippen molar-refractivity contribution in [1.82, 2.24) is 4.98 Å². The van der Waals surface area contributed by atoms with Crippen LogP contribution in [0.1, 0.15) is 34.5 Å². The van der Waals surface area contributed by atoms with E-state index in [2.05, 4.69) is 9.88 Å². The van der Waals surface area contributed by atoms with Crippen LogP contribution in [0.3, 0.4) is 0 Å². The SMILES string of the molecule is Cc1cc(C(N)=O)c(N2CCC[C@H](N)C2)nc1C. The molecule has 1 aliphatic heterocycles. The van der Waals surface area contributed by atoms with E-state index in [0.717, 1.165) is 37.2 Å². The third kappa shape index (κ3) is 2.46. The van der Waals surface area contributed by atoms with Crippen LogP contribution >= 0.6 is 0 Å². The van der Waals surface area contributed by atoms with Gasteiger partial charge in [-0.25, -0.2) is 4.98 Å². The minimum atomic E-state index is -0.431. The second-order valence-corrected chi connectivity index (χ2v) is 4.97. The first-order chi connectivity index (χ1) is 8.49. The van der Waals surface area contributed by atoms with Crippen molar-refractivity contribution in [2.75, 3.05) is 18.0 Å². The molecule has 1 aromatic heterocycles. The van der Waals surface area contributed by atoms with Gasteiger partial charge in [-0.3, -0.25) is 4.79 Å². The Hall–Kier alpha value is -1.62. The van der Waals surface area contributed by atoms with Crippen LogP contribution in [0.15, 0.2) is 6.07 Å². The molecular formula is C13H20N4O. The summed E-state index contributed by atoms with van der Waals surface area (Å²) in [5.74, 6) is 0.250. The zero-order valence-corrected chi connectivity index (χ0v) is 10.9. The standard InChI is InChI=1S/C13H20N4O/c1-8-6-11(12(15)18)13(16-9(8)2)17-5-3-4-10(14)7-17/h6,10H,3-5,7,14H2,1-2H3,(H2,15,18)/t10-/m0/s1. The van der Waals surface area contributed by atoms with E-state index < -0.39 is 5.91 Å². The highest BCUT2D eigenvalue weighted by Crippen LogP contribution is 2.23. The third-order valence-electron chi connectivity index (χ3n) is 3.47. The molecule has 0 bridgehead atoms. The van der Waals surface area contributed by atoms with Crippen molar-refractivity contribution in [3.63, 3.8) is 0 Å². The van der Waals surface area contributed by atoms with Gasteiger partial charge in [0.25, 0.3) is 5.91 Å². The molecule has 2 rings (SSSR count). The summed E-state index contributed by atoms with van der Waals surface area (Å²) in [6.45, 7) is 5.48. The molecule has 1 amide bonds. The minimum Gasteiger partial charge on any atom is -0.365 e. The molecule has 1 aliphatic rings. The van der Waals surface area contributed by atoms with Gasteiger partial charge in [0.15, 0.2) is 0 Å². The van der Waals surface area contributed by atoms with Gasteiger partial charge in [0.1, 0.15) is 5.82 Å². The molecule has 5 heteroatoms. The molecule has 0 spiro atoms. The number of hydrogen-bond donors (Lipinski definition) is 2. The van der Waals surface area contributed by atoms with Crippen molar-refractivity contribution in [3.05, 3.63) is 22.9 Å². The minimum absolute atomic E-state index is 0.142. The highest BCUT2D eigenvalue weighted by atomic mass is 16.1. The van der Waals surface area contributed by atoms with Crippen LogP contribution in [-0.4, -0.2) is 30.0 Å². The quantitative estimate of drug-likeness (QED) is 0.807. The summed E-state index contributed by atoms with van der Waals surface area (Å²) in [5, 5.41) is 0. The molecule has 2 heterocycles. The van der Waals surface area contributed by atoms with Gasteiger partial charge in [0.05, 0.1) is 5.56 Å². The van der Waals surface area contributed by atoms with Crippen molar-refractivity contribution in [1.29, 1.82) is 0 Å². The van der Waals surface area contributed by atoms with Gasteiger partial charge in [-0.15, -0.1) is 0 Å². The van der Waals surface area contributed by atoms with E-state index in [1.165, 1.54) is 0 Å². The molecule has 0 radical (unpaired) electrons. The third-order valence-corrected chi connectivity index (χ3v) is 3.47. The topological polar surface area (TPSA) is 85.2 Å². The fourth-order valence-corrected chi connectivity index (χ4v) is 2.32. The van der Waals surface area contributed by atoms with E-state index >= 15 is 0 Å². The first-order valence-corrected chi connectivity index (χ1v) is 6.27. The van der Waals surface area contributed by atoms with E-state index in [1.54, 1.807) is 0 Å². The number of aryl methyl sites for hydroxylation is 2. The number of carbonyl (C=O) groups is 1. The fraction of sp³-hybridized carbons (Fsp3) is 0.538. The van der Waals surface area contributed by atoms with Gasteiger partial charge in [0.2, 0.25) is 0 Å². The summed E-state index contributed by atoms with van der Waals surface area (Å²) in [6.07, 6.45) is 2.04. The second kappa shape index (κ2) is 4.94. The highest BCUT2D eigenvalue weighted by Gasteiger charge is 2.22. The van der Waals surface area contributed by atoms with Crippen LogP contribution < -0.4 is 16.4 Å². The number of hydrogen-bond acceptors (Lipinski definition) is 4. The smallest absolute Gasteiger partial charge is 0.252 e. The summed E-state index contributed by atoms with van der Waals surface area (Å²) in [5.41, 5.74) is 13.8. The van der Waals surface area contributed by atoms with Crippen LogP contribution in [0.25, 0.3) is 0 Å². The predicted octanol–water partition coefficient (Wildman–Crippen LogP) is 0.725. The molecule has 0 saturated carbocycles. The molecule has 1 aromatic rings. The number of anilines is 1. The summed E-state index contributed by atoms with van der Waals surface area (Å²) in [6, 6.07) is 1.96. The Morgan fingerprint density at radius 2 is 2.22 bits per heavy atom. The average Bonchev–Trinajstić information content (AvgIpc) is 2.31. The number of primary amides is 1. The van der Waals surface area contributed by atoms with Crippen molar-refractivity contribution in [2.24, 2.45) is 11.5 Å². The van der Waals surface area contributed by atoms with E-state index in [0.29, 0.717) is 11.4 Å². The lowest BCUT2D eigenvalue weighted by molar-refractivity contribution is 0.1000. The van der Waals surface area contributed by atoms with Crippen LogP contribution in [0.2, 0.25) is 0 Å². The number of carbonyl (C=O) groups excluding carboxylic acids is 1. The maximum absolute atomic E-state index is 11.5. The fourth-order valence-electron chi connectivity index (χ4n) is 2.32. The van der Waals surface area contributed by atoms with E-state index in [9.17, 15) is 4.79 Å². The number of amides is 1. The number of rotatable bonds is 2. The molecule has 1 fully saturated rings. The molecule has 0 unspecified atom stereocenters. The van der Waals surface area contributed by atoms with Crippen LogP contribution in [0.5, 0.6) is 0 Å². The number of pyridine rings is 1. The Labute approximate surface area is 107 Å². The maximum atomic E-state index is 11.5. The zero-order valence-electron chi connectivity index (χ0n) is 10.9. The highest BCUT2D eigenvalue weighted by molar-refractivity contribution is 5.98. The van der Waals surface area contributed by atoms with Gasteiger partial charge in [0, 0.05) is 24.8 Å². The van der Waals surface area contributed by atoms with Gasteiger partial charge < -0.3 is 16.4 Å². The van der Waals surface area contributed by atoms with Gasteiger partial charge in [-0.1, -0.05) is 0 Å². The van der Waals surface area contributed by atoms with Gasteiger partial charge in [-0.2, -0.15) is 0 Å². The van der Waals surface area contributed by atoms with E-state index in [4.69, 9.17) is 11.5 Å². The molecular weight excluding hydrogens is 228 g/mol. The normalized spacial score (nSPS) is 19.9. The Morgan fingerprint density at radius 3 is 2.83 bits per heavy atom. The lowest BCUT2D eigenvalue weighted by Crippen LogP contribution is -2.44. The van der Waals surface area contributed by atoms with E-state index in [1.807, 2.05) is 19.9 Å². The first-order valence-electron chi connectivity index (χ1n) is 6.27. The molecule has 0 aliphatic carbocycles. The molecule has 5 nitrogen and oxygen atoms in total. The number of aromatic nitrogens is 1. The average molecular weight is 248 g/mol. The van der Waals surface area contributed by atoms with Crippen molar-refractivity contribution in [2.45, 2.75) is 32.7 Å². The van der Waals surface area contributed by atoms with Crippen molar-refractivity contribution >= 4 is 11.7 Å². The molecule has 1 atom stereocenters. The Bertz CT molecular complexity index is 472. The molecule has 4 N–H and O–H groups in total. The Kier molecular flexibility index (Phi) is 3.52. The number of nitrogens with zero attached hydrogens (tertiary/aromatic N) is 2. The van der Waals surface area contributed by atoms with Crippen molar-refractivity contribution < 1.29 is 4.79 Å². The Morgan fingerprint density at radius 1 is 1.50 bits per heavy atom. The molecule has 0 aromatic carbocycles. The maximum Gasteiger partial charge on any atom is 0.252 e. The Balaban J connectivity index is 2.41. The lowest BCUT2D eigenvalue weighted by Gasteiger charge is -2.32.